The molecule has 0 aliphatic heterocycles. The highest BCUT2D eigenvalue weighted by atomic mass is 79.9. The van der Waals surface area contributed by atoms with E-state index >= 15 is 0 Å². The van der Waals surface area contributed by atoms with E-state index in [1.165, 1.54) is 12.5 Å². The molecule has 1 aromatic carbocycles. The summed E-state index contributed by atoms with van der Waals surface area (Å²) in [6, 6.07) is 4.67. The summed E-state index contributed by atoms with van der Waals surface area (Å²) in [7, 11) is 0. The van der Waals surface area contributed by atoms with Crippen molar-refractivity contribution in [3.63, 3.8) is 0 Å². The van der Waals surface area contributed by atoms with Crippen molar-refractivity contribution in [2.75, 3.05) is 0 Å². The average molecular weight is 284 g/mol. The Balaban J connectivity index is 2.33. The summed E-state index contributed by atoms with van der Waals surface area (Å²) in [6.45, 7) is 0. The first kappa shape index (κ1) is 11.8. The van der Waals surface area contributed by atoms with Gasteiger partial charge in [-0.25, -0.2) is 4.39 Å². The summed E-state index contributed by atoms with van der Waals surface area (Å²) < 4.78 is 14.5. The second kappa shape index (κ2) is 5.11. The summed E-state index contributed by atoms with van der Waals surface area (Å²) in [5.41, 5.74) is 7.88. The van der Waals surface area contributed by atoms with Crippen molar-refractivity contribution in [2.24, 2.45) is 5.73 Å². The van der Waals surface area contributed by atoms with E-state index in [0.717, 1.165) is 29.3 Å². The van der Waals surface area contributed by atoms with E-state index in [1.807, 2.05) is 6.07 Å². The first-order valence-electron chi connectivity index (χ1n) is 5.58. The minimum atomic E-state index is -0.309. The van der Waals surface area contributed by atoms with Crippen LogP contribution in [-0.4, -0.2) is 0 Å². The molecular weight excluding hydrogens is 269 g/mol. The third-order valence-electron chi connectivity index (χ3n) is 3.04. The highest BCUT2D eigenvalue weighted by molar-refractivity contribution is 9.10. The molecule has 1 aliphatic rings. The number of allylic oxidation sites excluding steroid dienone is 1. The van der Waals surface area contributed by atoms with E-state index in [4.69, 9.17) is 5.73 Å². The SMILES string of the molecule is NC(C1=CCCCC1)c1c(F)cccc1Br. The molecule has 1 unspecified atom stereocenters. The molecule has 0 saturated carbocycles. The van der Waals surface area contributed by atoms with Gasteiger partial charge in [0.25, 0.3) is 0 Å². The Kier molecular flexibility index (Phi) is 3.77. The quantitative estimate of drug-likeness (QED) is 0.813. The molecule has 3 heteroatoms. The van der Waals surface area contributed by atoms with Gasteiger partial charge in [-0.1, -0.05) is 33.6 Å². The third kappa shape index (κ3) is 2.36. The maximum Gasteiger partial charge on any atom is 0.129 e. The number of hydrogen-bond acceptors (Lipinski definition) is 1. The fraction of sp³-hybridized carbons (Fsp3) is 0.385. The Hall–Kier alpha value is -0.670. The Morgan fingerprint density at radius 1 is 1.31 bits per heavy atom. The van der Waals surface area contributed by atoms with Crippen LogP contribution in [0.4, 0.5) is 4.39 Å². The lowest BCUT2D eigenvalue weighted by Gasteiger charge is -2.21. The smallest absolute Gasteiger partial charge is 0.129 e. The number of hydrogen-bond donors (Lipinski definition) is 1. The predicted molar refractivity (Wildman–Crippen MR) is 67.6 cm³/mol. The molecule has 0 saturated heterocycles. The van der Waals surface area contributed by atoms with Crippen molar-refractivity contribution in [1.29, 1.82) is 0 Å². The zero-order chi connectivity index (χ0) is 11.5. The summed E-state index contributed by atoms with van der Waals surface area (Å²) in [4.78, 5) is 0. The van der Waals surface area contributed by atoms with Crippen LogP contribution in [0.1, 0.15) is 37.3 Å². The third-order valence-corrected chi connectivity index (χ3v) is 3.73. The van der Waals surface area contributed by atoms with Gasteiger partial charge in [-0.05, 0) is 37.8 Å². The lowest BCUT2D eigenvalue weighted by Crippen LogP contribution is -2.17. The van der Waals surface area contributed by atoms with E-state index in [2.05, 4.69) is 22.0 Å². The molecule has 0 amide bonds. The monoisotopic (exact) mass is 283 g/mol. The van der Waals surface area contributed by atoms with Gasteiger partial charge in [0.05, 0.1) is 6.04 Å². The first-order valence-corrected chi connectivity index (χ1v) is 6.38. The average Bonchev–Trinajstić information content (AvgIpc) is 2.30. The van der Waals surface area contributed by atoms with Gasteiger partial charge in [0.15, 0.2) is 0 Å². The van der Waals surface area contributed by atoms with Crippen molar-refractivity contribution in [3.8, 4) is 0 Å². The van der Waals surface area contributed by atoms with Crippen molar-refractivity contribution in [1.82, 2.24) is 0 Å². The van der Waals surface area contributed by atoms with Gasteiger partial charge >= 0.3 is 0 Å². The maximum absolute atomic E-state index is 13.7. The summed E-state index contributed by atoms with van der Waals surface area (Å²) in [6.07, 6.45) is 6.59. The van der Waals surface area contributed by atoms with Crippen molar-refractivity contribution >= 4 is 15.9 Å². The molecule has 86 valence electrons. The van der Waals surface area contributed by atoms with Crippen molar-refractivity contribution in [3.05, 3.63) is 45.7 Å². The molecule has 0 fully saturated rings. The molecule has 0 bridgehead atoms. The summed E-state index contributed by atoms with van der Waals surface area (Å²) in [5.74, 6) is -0.228. The molecule has 0 spiro atoms. The van der Waals surface area contributed by atoms with Gasteiger partial charge in [0, 0.05) is 10.0 Å². The Labute approximate surface area is 104 Å². The molecule has 0 radical (unpaired) electrons. The van der Waals surface area contributed by atoms with Gasteiger partial charge in [-0.3, -0.25) is 0 Å². The minimum absolute atomic E-state index is 0.228. The Bertz CT molecular complexity index is 394. The zero-order valence-electron chi connectivity index (χ0n) is 9.05. The molecule has 2 rings (SSSR count). The number of benzene rings is 1. The first-order chi connectivity index (χ1) is 7.70. The fourth-order valence-electron chi connectivity index (χ4n) is 2.14. The van der Waals surface area contributed by atoms with E-state index in [1.54, 1.807) is 6.07 Å². The van der Waals surface area contributed by atoms with Crippen LogP contribution in [0.25, 0.3) is 0 Å². The van der Waals surface area contributed by atoms with Crippen LogP contribution in [0, 0.1) is 5.82 Å². The van der Waals surface area contributed by atoms with Gasteiger partial charge in [-0.15, -0.1) is 0 Å². The van der Waals surface area contributed by atoms with Crippen LogP contribution < -0.4 is 5.73 Å². The summed E-state index contributed by atoms with van der Waals surface area (Å²) in [5, 5.41) is 0. The number of halogens is 2. The Morgan fingerprint density at radius 2 is 2.12 bits per heavy atom. The standard InChI is InChI=1S/C13H15BrFN/c14-10-7-4-8-11(15)12(10)13(16)9-5-2-1-3-6-9/h4-5,7-8,13H,1-3,6,16H2. The molecule has 1 aliphatic carbocycles. The second-order valence-corrected chi connectivity index (χ2v) is 4.99. The maximum atomic E-state index is 13.7. The van der Waals surface area contributed by atoms with Gasteiger partial charge in [0.1, 0.15) is 5.82 Å². The van der Waals surface area contributed by atoms with Crippen LogP contribution in [0.15, 0.2) is 34.3 Å². The molecule has 0 heterocycles. The van der Waals surface area contributed by atoms with E-state index < -0.39 is 0 Å². The predicted octanol–water partition coefficient (Wildman–Crippen LogP) is 4.09. The molecule has 16 heavy (non-hydrogen) atoms. The molecule has 0 aromatic heterocycles. The van der Waals surface area contributed by atoms with Crippen LogP contribution in [-0.2, 0) is 0 Å². The summed E-state index contributed by atoms with van der Waals surface area (Å²) >= 11 is 3.37. The van der Waals surface area contributed by atoms with Crippen molar-refractivity contribution < 1.29 is 4.39 Å². The van der Waals surface area contributed by atoms with Gasteiger partial charge < -0.3 is 5.73 Å². The topological polar surface area (TPSA) is 26.0 Å². The Morgan fingerprint density at radius 3 is 2.75 bits per heavy atom. The molecule has 1 nitrogen and oxygen atoms in total. The second-order valence-electron chi connectivity index (χ2n) is 4.14. The number of rotatable bonds is 2. The normalized spacial score (nSPS) is 18.1. The van der Waals surface area contributed by atoms with Gasteiger partial charge in [0.2, 0.25) is 0 Å². The van der Waals surface area contributed by atoms with E-state index in [0.29, 0.717) is 5.56 Å². The van der Waals surface area contributed by atoms with Crippen LogP contribution in [0.2, 0.25) is 0 Å². The highest BCUT2D eigenvalue weighted by Gasteiger charge is 2.19. The van der Waals surface area contributed by atoms with Crippen LogP contribution >= 0.6 is 15.9 Å². The molecule has 1 aromatic rings. The van der Waals surface area contributed by atoms with E-state index in [9.17, 15) is 4.39 Å². The van der Waals surface area contributed by atoms with Crippen LogP contribution in [0.5, 0.6) is 0 Å². The number of nitrogens with two attached hydrogens (primary N) is 1. The lowest BCUT2D eigenvalue weighted by molar-refractivity contribution is 0.580. The molecule has 2 N–H and O–H groups in total. The van der Waals surface area contributed by atoms with Crippen molar-refractivity contribution in [2.45, 2.75) is 31.7 Å². The lowest BCUT2D eigenvalue weighted by atomic mass is 9.90. The van der Waals surface area contributed by atoms with E-state index in [-0.39, 0.29) is 11.9 Å². The zero-order valence-corrected chi connectivity index (χ0v) is 10.6. The van der Waals surface area contributed by atoms with Crippen LogP contribution in [0.3, 0.4) is 0 Å². The minimum Gasteiger partial charge on any atom is -0.320 e. The largest absolute Gasteiger partial charge is 0.320 e. The fourth-order valence-corrected chi connectivity index (χ4v) is 2.73. The molecule has 1 atom stereocenters. The van der Waals surface area contributed by atoms with Gasteiger partial charge in [-0.2, -0.15) is 0 Å². The highest BCUT2D eigenvalue weighted by Crippen LogP contribution is 2.33. The molecular formula is C13H15BrFN.